The van der Waals surface area contributed by atoms with E-state index in [4.69, 9.17) is 23.2 Å². The number of amides is 1. The molecule has 0 aliphatic heterocycles. The minimum Gasteiger partial charge on any atom is -0.506 e. The number of nitrogens with one attached hydrogen (secondary N) is 1. The number of phenols is 1. The Hall–Kier alpha value is -2.83. The largest absolute Gasteiger partial charge is 0.506 e. The number of halogens is 2. The van der Waals surface area contributed by atoms with Crippen LogP contribution in [0.1, 0.15) is 0 Å². The maximum absolute atomic E-state index is 12.2. The number of carbonyl (C=O) groups is 1. The van der Waals surface area contributed by atoms with Gasteiger partial charge >= 0.3 is 0 Å². The summed E-state index contributed by atoms with van der Waals surface area (Å²) in [5, 5.41) is 13.2. The van der Waals surface area contributed by atoms with Gasteiger partial charge in [0.2, 0.25) is 5.91 Å². The molecule has 0 spiro atoms. The van der Waals surface area contributed by atoms with Crippen molar-refractivity contribution in [2.24, 2.45) is 0 Å². The van der Waals surface area contributed by atoms with Gasteiger partial charge in [-0.25, -0.2) is 4.98 Å². The summed E-state index contributed by atoms with van der Waals surface area (Å²) in [7, 11) is 0. The van der Waals surface area contributed by atoms with Crippen LogP contribution in [0.4, 0.5) is 5.69 Å². The van der Waals surface area contributed by atoms with Gasteiger partial charge in [-0.2, -0.15) is 0 Å². The molecule has 1 amide bonds. The first-order valence-corrected chi connectivity index (χ1v) is 8.29. The Balaban J connectivity index is 1.75. The Kier molecular flexibility index (Phi) is 5.25. The zero-order valence-electron chi connectivity index (χ0n) is 13.3. The van der Waals surface area contributed by atoms with Gasteiger partial charge in [-0.1, -0.05) is 35.3 Å². The van der Waals surface area contributed by atoms with Gasteiger partial charge < -0.3 is 10.4 Å². The summed E-state index contributed by atoms with van der Waals surface area (Å²) in [5.41, 5.74) is 1.01. The smallest absolute Gasteiger partial charge is 0.254 e. The number of aromatic nitrogens is 2. The van der Waals surface area contributed by atoms with E-state index in [-0.39, 0.29) is 23.5 Å². The third kappa shape index (κ3) is 4.22. The van der Waals surface area contributed by atoms with Gasteiger partial charge in [-0.3, -0.25) is 14.2 Å². The fourth-order valence-electron chi connectivity index (χ4n) is 2.28. The van der Waals surface area contributed by atoms with E-state index < -0.39 is 5.91 Å². The molecule has 0 aliphatic rings. The van der Waals surface area contributed by atoms with Crippen LogP contribution >= 0.6 is 23.2 Å². The van der Waals surface area contributed by atoms with Crippen LogP contribution in [0.15, 0.2) is 59.7 Å². The van der Waals surface area contributed by atoms with Crippen molar-refractivity contribution in [1.29, 1.82) is 0 Å². The van der Waals surface area contributed by atoms with Crippen molar-refractivity contribution < 1.29 is 9.90 Å². The monoisotopic (exact) mass is 389 g/mol. The fourth-order valence-corrected chi connectivity index (χ4v) is 2.57. The van der Waals surface area contributed by atoms with E-state index in [9.17, 15) is 14.7 Å². The Morgan fingerprint density at radius 3 is 2.46 bits per heavy atom. The average Bonchev–Trinajstić information content (AvgIpc) is 2.60. The highest BCUT2D eigenvalue weighted by molar-refractivity contribution is 6.31. The fraction of sp³-hybridized carbons (Fsp3) is 0.0556. The van der Waals surface area contributed by atoms with E-state index in [0.29, 0.717) is 15.7 Å². The van der Waals surface area contributed by atoms with Crippen LogP contribution in [-0.4, -0.2) is 20.6 Å². The lowest BCUT2D eigenvalue weighted by molar-refractivity contribution is -0.116. The molecule has 26 heavy (non-hydrogen) atoms. The Bertz CT molecular complexity index is 1020. The van der Waals surface area contributed by atoms with Crippen LogP contribution in [0.2, 0.25) is 10.0 Å². The van der Waals surface area contributed by atoms with E-state index in [1.165, 1.54) is 30.6 Å². The van der Waals surface area contributed by atoms with Crippen LogP contribution in [0.25, 0.3) is 11.3 Å². The van der Waals surface area contributed by atoms with Gasteiger partial charge in [0.15, 0.2) is 0 Å². The van der Waals surface area contributed by atoms with Crippen LogP contribution in [0.5, 0.6) is 5.75 Å². The molecule has 132 valence electrons. The average molecular weight is 390 g/mol. The topological polar surface area (TPSA) is 84.2 Å². The zero-order valence-corrected chi connectivity index (χ0v) is 14.8. The number of hydrogen-bond donors (Lipinski definition) is 2. The minimum absolute atomic E-state index is 0.119. The van der Waals surface area contributed by atoms with Crippen molar-refractivity contribution >= 4 is 34.8 Å². The van der Waals surface area contributed by atoms with Crippen LogP contribution < -0.4 is 10.9 Å². The van der Waals surface area contributed by atoms with Crippen molar-refractivity contribution in [3.8, 4) is 17.0 Å². The predicted molar refractivity (Wildman–Crippen MR) is 101 cm³/mol. The molecule has 2 N–H and O–H groups in total. The van der Waals surface area contributed by atoms with Gasteiger partial charge in [0.1, 0.15) is 12.3 Å². The number of anilines is 1. The Morgan fingerprint density at radius 1 is 1.08 bits per heavy atom. The number of nitrogens with zero attached hydrogens (tertiary/aromatic N) is 2. The number of rotatable bonds is 4. The van der Waals surface area contributed by atoms with Gasteiger partial charge in [0.25, 0.3) is 5.56 Å². The molecule has 0 radical (unpaired) electrons. The molecular formula is C18H13Cl2N3O3. The first-order valence-electron chi connectivity index (χ1n) is 7.53. The summed E-state index contributed by atoms with van der Waals surface area (Å²) in [5.74, 6) is -0.614. The quantitative estimate of drug-likeness (QED) is 0.668. The van der Waals surface area contributed by atoms with E-state index in [2.05, 4.69) is 10.3 Å². The second-order valence-corrected chi connectivity index (χ2v) is 6.33. The molecule has 0 bridgehead atoms. The molecule has 0 fully saturated rings. The second-order valence-electron chi connectivity index (χ2n) is 5.46. The number of aromatic hydroxyl groups is 1. The summed E-state index contributed by atoms with van der Waals surface area (Å²) in [6.07, 6.45) is 1.30. The molecule has 1 heterocycles. The van der Waals surface area contributed by atoms with Crippen LogP contribution in [-0.2, 0) is 11.3 Å². The summed E-state index contributed by atoms with van der Waals surface area (Å²) >= 11 is 11.7. The van der Waals surface area contributed by atoms with Crippen molar-refractivity contribution in [3.05, 3.63) is 75.3 Å². The predicted octanol–water partition coefficient (Wildman–Crippen LogP) is 3.56. The third-order valence-electron chi connectivity index (χ3n) is 3.57. The molecule has 3 aromatic rings. The van der Waals surface area contributed by atoms with Crippen LogP contribution in [0, 0.1) is 0 Å². The van der Waals surface area contributed by atoms with Crippen molar-refractivity contribution in [2.45, 2.75) is 6.54 Å². The first-order chi connectivity index (χ1) is 12.4. The lowest BCUT2D eigenvalue weighted by Crippen LogP contribution is -2.27. The molecule has 8 heteroatoms. The number of benzene rings is 2. The van der Waals surface area contributed by atoms with Gasteiger partial charge in [0, 0.05) is 21.7 Å². The molecular weight excluding hydrogens is 377 g/mol. The molecule has 1 aromatic heterocycles. The summed E-state index contributed by atoms with van der Waals surface area (Å²) in [4.78, 5) is 28.6. The standard InChI is InChI=1S/C18H13Cl2N3O3/c19-12-3-1-11(2-4-12)14-8-18(26)23(10-21-14)9-17(25)22-15-7-13(20)5-6-16(15)24/h1-8,10,24H,9H2,(H,22,25). The van der Waals surface area contributed by atoms with E-state index >= 15 is 0 Å². The van der Waals surface area contributed by atoms with Crippen molar-refractivity contribution in [3.63, 3.8) is 0 Å². The van der Waals surface area contributed by atoms with Gasteiger partial charge in [0.05, 0.1) is 17.7 Å². The lowest BCUT2D eigenvalue weighted by atomic mass is 10.1. The van der Waals surface area contributed by atoms with Crippen molar-refractivity contribution in [1.82, 2.24) is 9.55 Å². The molecule has 0 atom stereocenters. The van der Waals surface area contributed by atoms with E-state index in [0.717, 1.165) is 10.1 Å². The van der Waals surface area contributed by atoms with E-state index in [1.54, 1.807) is 24.3 Å². The third-order valence-corrected chi connectivity index (χ3v) is 4.05. The maximum atomic E-state index is 12.2. The summed E-state index contributed by atoms with van der Waals surface area (Å²) in [6.45, 7) is -0.251. The van der Waals surface area contributed by atoms with Gasteiger partial charge in [-0.15, -0.1) is 0 Å². The number of hydrogen-bond acceptors (Lipinski definition) is 4. The van der Waals surface area contributed by atoms with Gasteiger partial charge in [-0.05, 0) is 30.3 Å². The Morgan fingerprint density at radius 2 is 1.77 bits per heavy atom. The highest BCUT2D eigenvalue weighted by Crippen LogP contribution is 2.26. The highest BCUT2D eigenvalue weighted by atomic mass is 35.5. The summed E-state index contributed by atoms with van der Waals surface area (Å²) in [6, 6.07) is 12.5. The molecule has 0 aliphatic carbocycles. The molecule has 0 saturated carbocycles. The molecule has 0 unspecified atom stereocenters. The first kappa shape index (κ1) is 18.0. The Labute approximate surface area is 158 Å². The molecule has 0 saturated heterocycles. The number of carbonyl (C=O) groups excluding carboxylic acids is 1. The maximum Gasteiger partial charge on any atom is 0.254 e. The minimum atomic E-state index is -0.495. The van der Waals surface area contributed by atoms with Crippen molar-refractivity contribution in [2.75, 3.05) is 5.32 Å². The van der Waals surface area contributed by atoms with Crippen LogP contribution in [0.3, 0.4) is 0 Å². The molecule has 6 nitrogen and oxygen atoms in total. The molecule has 2 aromatic carbocycles. The zero-order chi connectivity index (χ0) is 18.7. The summed E-state index contributed by atoms with van der Waals surface area (Å²) < 4.78 is 1.16. The normalized spacial score (nSPS) is 10.5. The SMILES string of the molecule is O=C(Cn1cnc(-c2ccc(Cl)cc2)cc1=O)Nc1cc(Cl)ccc1O. The number of phenolic OH excluding ortho intramolecular Hbond substituents is 1. The second kappa shape index (κ2) is 7.59. The molecule has 3 rings (SSSR count). The van der Waals surface area contributed by atoms with E-state index in [1.807, 2.05) is 0 Å². The lowest BCUT2D eigenvalue weighted by Gasteiger charge is -2.09. The highest BCUT2D eigenvalue weighted by Gasteiger charge is 2.10.